The molecule has 5 heteroatoms. The van der Waals surface area contributed by atoms with Crippen LogP contribution < -0.4 is 10.9 Å². The first kappa shape index (κ1) is 13.3. The van der Waals surface area contributed by atoms with Crippen LogP contribution in [0.3, 0.4) is 0 Å². The highest BCUT2D eigenvalue weighted by Crippen LogP contribution is 2.22. The molecular formula is C13H18BrN3O. The molecule has 0 radical (unpaired) electrons. The van der Waals surface area contributed by atoms with Gasteiger partial charge in [-0.25, -0.2) is 4.68 Å². The molecule has 0 saturated carbocycles. The smallest absolute Gasteiger partial charge is 0.283 e. The lowest BCUT2D eigenvalue weighted by Gasteiger charge is -2.21. The number of rotatable bonds is 3. The summed E-state index contributed by atoms with van der Waals surface area (Å²) in [6, 6.07) is 0.461. The van der Waals surface area contributed by atoms with Crippen molar-refractivity contribution in [2.24, 2.45) is 0 Å². The fourth-order valence-corrected chi connectivity index (χ4v) is 2.46. The zero-order valence-corrected chi connectivity index (χ0v) is 12.3. The summed E-state index contributed by atoms with van der Waals surface area (Å²) >= 11 is 3.37. The predicted molar refractivity (Wildman–Crippen MR) is 77.0 cm³/mol. The lowest BCUT2D eigenvalue weighted by Crippen LogP contribution is -2.28. The molecule has 18 heavy (non-hydrogen) atoms. The molecule has 0 aliphatic heterocycles. The molecule has 1 aliphatic carbocycles. The molecule has 1 atom stereocenters. The van der Waals surface area contributed by atoms with Gasteiger partial charge >= 0.3 is 0 Å². The van der Waals surface area contributed by atoms with Crippen LogP contribution in [-0.4, -0.2) is 15.8 Å². The summed E-state index contributed by atoms with van der Waals surface area (Å²) in [5, 5.41) is 7.58. The summed E-state index contributed by atoms with van der Waals surface area (Å²) in [5.41, 5.74) is 0.707. The summed E-state index contributed by atoms with van der Waals surface area (Å²) in [5.74, 6) is 0. The fourth-order valence-electron chi connectivity index (χ4n) is 2.06. The lowest BCUT2D eigenvalue weighted by atomic mass is 10.0. The highest BCUT2D eigenvalue weighted by atomic mass is 79.9. The van der Waals surface area contributed by atoms with E-state index in [-0.39, 0.29) is 11.6 Å². The number of nitrogens with one attached hydrogen (secondary N) is 1. The molecule has 0 fully saturated rings. The monoisotopic (exact) mass is 311 g/mol. The van der Waals surface area contributed by atoms with Crippen molar-refractivity contribution in [2.45, 2.75) is 45.2 Å². The van der Waals surface area contributed by atoms with Crippen molar-refractivity contribution in [3.8, 4) is 0 Å². The van der Waals surface area contributed by atoms with Crippen LogP contribution in [0, 0.1) is 0 Å². The molecule has 0 amide bonds. The van der Waals surface area contributed by atoms with Crippen molar-refractivity contribution in [3.63, 3.8) is 0 Å². The highest BCUT2D eigenvalue weighted by Gasteiger charge is 2.15. The Hall–Kier alpha value is -1.10. The molecule has 1 aromatic heterocycles. The van der Waals surface area contributed by atoms with E-state index in [0.29, 0.717) is 10.5 Å². The number of hydrogen-bond donors (Lipinski definition) is 1. The van der Waals surface area contributed by atoms with Gasteiger partial charge in [0.15, 0.2) is 0 Å². The minimum Gasteiger partial charge on any atom is -0.380 e. The summed E-state index contributed by atoms with van der Waals surface area (Å²) < 4.78 is 2.05. The van der Waals surface area contributed by atoms with Gasteiger partial charge in [0.25, 0.3) is 5.56 Å². The van der Waals surface area contributed by atoms with Crippen molar-refractivity contribution >= 4 is 21.6 Å². The second-order valence-electron chi connectivity index (χ2n) is 4.84. The summed E-state index contributed by atoms with van der Waals surface area (Å²) in [4.78, 5) is 12.1. The van der Waals surface area contributed by atoms with Gasteiger partial charge in [0.2, 0.25) is 0 Å². The first-order valence-electron chi connectivity index (χ1n) is 6.28. The van der Waals surface area contributed by atoms with E-state index in [9.17, 15) is 4.79 Å². The minimum absolute atomic E-state index is 0.0699. The van der Waals surface area contributed by atoms with E-state index in [0.717, 1.165) is 24.9 Å². The van der Waals surface area contributed by atoms with Gasteiger partial charge in [0, 0.05) is 6.04 Å². The van der Waals surface area contributed by atoms with Gasteiger partial charge < -0.3 is 5.32 Å². The van der Waals surface area contributed by atoms with Crippen LogP contribution in [0.5, 0.6) is 0 Å². The van der Waals surface area contributed by atoms with E-state index in [2.05, 4.69) is 38.5 Å². The Morgan fingerprint density at radius 3 is 2.89 bits per heavy atom. The molecule has 1 aromatic rings. The van der Waals surface area contributed by atoms with Gasteiger partial charge in [-0.1, -0.05) is 12.2 Å². The van der Waals surface area contributed by atoms with Crippen molar-refractivity contribution in [2.75, 3.05) is 5.32 Å². The van der Waals surface area contributed by atoms with Crippen molar-refractivity contribution < 1.29 is 0 Å². The van der Waals surface area contributed by atoms with Gasteiger partial charge in [0.05, 0.1) is 17.9 Å². The maximum absolute atomic E-state index is 12.1. The van der Waals surface area contributed by atoms with Gasteiger partial charge in [0.1, 0.15) is 4.47 Å². The highest BCUT2D eigenvalue weighted by molar-refractivity contribution is 9.10. The summed E-state index contributed by atoms with van der Waals surface area (Å²) in [6.07, 6.45) is 9.28. The molecule has 98 valence electrons. The Morgan fingerprint density at radius 1 is 1.50 bits per heavy atom. The third kappa shape index (κ3) is 2.83. The maximum Gasteiger partial charge on any atom is 0.283 e. The van der Waals surface area contributed by atoms with Gasteiger partial charge in [-0.2, -0.15) is 5.10 Å². The van der Waals surface area contributed by atoms with Crippen LogP contribution in [0.15, 0.2) is 27.6 Å². The minimum atomic E-state index is -0.0821. The van der Waals surface area contributed by atoms with Crippen LogP contribution in [0.1, 0.15) is 39.2 Å². The van der Waals surface area contributed by atoms with E-state index in [4.69, 9.17) is 0 Å². The molecule has 0 spiro atoms. The first-order chi connectivity index (χ1) is 8.59. The standard InChI is InChI=1S/C13H18BrN3O/c1-9(2)17-13(18)12(14)11(8-15-17)16-10-6-4-3-5-7-10/h3-4,8-10,16H,5-7H2,1-2H3. The first-order valence-corrected chi connectivity index (χ1v) is 7.07. The Balaban J connectivity index is 2.22. The predicted octanol–water partition coefficient (Wildman–Crippen LogP) is 3.11. The number of aromatic nitrogens is 2. The molecule has 4 nitrogen and oxygen atoms in total. The van der Waals surface area contributed by atoms with Gasteiger partial charge in [-0.3, -0.25) is 4.79 Å². The molecule has 1 unspecified atom stereocenters. The molecule has 0 aromatic carbocycles. The van der Waals surface area contributed by atoms with Crippen LogP contribution in [-0.2, 0) is 0 Å². The van der Waals surface area contributed by atoms with E-state index in [1.165, 1.54) is 4.68 Å². The quantitative estimate of drug-likeness (QED) is 0.872. The number of nitrogens with zero attached hydrogens (tertiary/aromatic N) is 2. The third-order valence-corrected chi connectivity index (χ3v) is 3.83. The SMILES string of the molecule is CC(C)n1ncc(NC2CC=CCC2)c(Br)c1=O. The van der Waals surface area contributed by atoms with E-state index >= 15 is 0 Å². The second kappa shape index (κ2) is 5.69. The fraction of sp³-hybridized carbons (Fsp3) is 0.538. The lowest BCUT2D eigenvalue weighted by molar-refractivity contribution is 0.500. The van der Waals surface area contributed by atoms with E-state index < -0.39 is 0 Å². The van der Waals surface area contributed by atoms with Crippen molar-refractivity contribution in [1.82, 2.24) is 9.78 Å². The van der Waals surface area contributed by atoms with Crippen LogP contribution >= 0.6 is 15.9 Å². The zero-order valence-electron chi connectivity index (χ0n) is 10.7. The van der Waals surface area contributed by atoms with Crippen LogP contribution in [0.4, 0.5) is 5.69 Å². The van der Waals surface area contributed by atoms with Crippen LogP contribution in [0.2, 0.25) is 0 Å². The van der Waals surface area contributed by atoms with E-state index in [1.807, 2.05) is 13.8 Å². The van der Waals surface area contributed by atoms with Crippen molar-refractivity contribution in [1.29, 1.82) is 0 Å². The van der Waals surface area contributed by atoms with E-state index in [1.54, 1.807) is 6.20 Å². The third-order valence-electron chi connectivity index (χ3n) is 3.06. The van der Waals surface area contributed by atoms with Crippen LogP contribution in [0.25, 0.3) is 0 Å². The molecular weight excluding hydrogens is 294 g/mol. The second-order valence-corrected chi connectivity index (χ2v) is 5.63. The molecule has 0 bridgehead atoms. The largest absolute Gasteiger partial charge is 0.380 e. The molecule has 2 rings (SSSR count). The Morgan fingerprint density at radius 2 is 2.28 bits per heavy atom. The van der Waals surface area contributed by atoms with Gasteiger partial charge in [-0.15, -0.1) is 0 Å². The Kier molecular flexibility index (Phi) is 4.22. The zero-order chi connectivity index (χ0) is 13.1. The Bertz CT molecular complexity index is 507. The number of anilines is 1. The number of hydrogen-bond acceptors (Lipinski definition) is 3. The molecule has 1 N–H and O–H groups in total. The molecule has 1 aliphatic rings. The normalized spacial score (nSPS) is 19.2. The van der Waals surface area contributed by atoms with Crippen molar-refractivity contribution in [3.05, 3.63) is 33.2 Å². The average molecular weight is 312 g/mol. The number of halogens is 1. The topological polar surface area (TPSA) is 46.9 Å². The average Bonchev–Trinajstić information content (AvgIpc) is 2.36. The molecule has 0 saturated heterocycles. The summed E-state index contributed by atoms with van der Waals surface area (Å²) in [6.45, 7) is 3.89. The van der Waals surface area contributed by atoms with Gasteiger partial charge in [-0.05, 0) is 49.0 Å². The number of allylic oxidation sites excluding steroid dienone is 1. The summed E-state index contributed by atoms with van der Waals surface area (Å²) in [7, 11) is 0. The molecule has 1 heterocycles. The maximum atomic E-state index is 12.1. The Labute approximate surface area is 115 Å².